The zero-order chi connectivity index (χ0) is 13.7. The highest BCUT2D eigenvalue weighted by molar-refractivity contribution is 5.22. The Hall–Kier alpha value is -0.920. The number of rotatable bonds is 5. The maximum atomic E-state index is 13.2. The fraction of sp³-hybridized carbons (Fsp3) is 0.647. The molecule has 0 nitrogen and oxygen atoms in total. The zero-order valence-electron chi connectivity index (χ0n) is 11.8. The van der Waals surface area contributed by atoms with E-state index in [0.717, 1.165) is 24.3 Å². The third kappa shape index (κ3) is 4.02. The molecule has 1 aliphatic carbocycles. The van der Waals surface area contributed by atoms with Crippen LogP contribution >= 0.6 is 0 Å². The third-order valence-electron chi connectivity index (χ3n) is 4.48. The molecule has 106 valence electrons. The minimum Gasteiger partial charge on any atom is -0.204 e. The molecule has 0 atom stereocenters. The quantitative estimate of drug-likeness (QED) is 0.589. The van der Waals surface area contributed by atoms with Crippen LogP contribution in [-0.2, 0) is 0 Å². The van der Waals surface area contributed by atoms with E-state index in [0.29, 0.717) is 5.92 Å². The molecule has 2 heteroatoms. The SMILES string of the molecule is CCCCCC1CCC(c2ccc(F)c(F)c2)CC1. The van der Waals surface area contributed by atoms with Crippen LogP contribution in [0.5, 0.6) is 0 Å². The van der Waals surface area contributed by atoms with Crippen molar-refractivity contribution in [3.8, 4) is 0 Å². The zero-order valence-corrected chi connectivity index (χ0v) is 11.8. The van der Waals surface area contributed by atoms with Gasteiger partial charge >= 0.3 is 0 Å². The molecule has 2 rings (SSSR count). The lowest BCUT2D eigenvalue weighted by Crippen LogP contribution is -2.13. The molecule has 0 saturated heterocycles. The summed E-state index contributed by atoms with van der Waals surface area (Å²) in [6.07, 6.45) is 10.0. The molecule has 0 aromatic heterocycles. The molecule has 1 aromatic rings. The van der Waals surface area contributed by atoms with E-state index < -0.39 is 11.6 Å². The van der Waals surface area contributed by atoms with Crippen LogP contribution in [0.15, 0.2) is 18.2 Å². The van der Waals surface area contributed by atoms with Crippen molar-refractivity contribution in [2.45, 2.75) is 64.2 Å². The van der Waals surface area contributed by atoms with Crippen LogP contribution in [0.25, 0.3) is 0 Å². The van der Waals surface area contributed by atoms with Crippen LogP contribution < -0.4 is 0 Å². The van der Waals surface area contributed by atoms with E-state index in [4.69, 9.17) is 0 Å². The van der Waals surface area contributed by atoms with Gasteiger partial charge in [0.2, 0.25) is 0 Å². The highest BCUT2D eigenvalue weighted by atomic mass is 19.2. The number of unbranched alkanes of at least 4 members (excludes halogenated alkanes) is 2. The summed E-state index contributed by atoms with van der Waals surface area (Å²) in [7, 11) is 0. The van der Waals surface area contributed by atoms with Crippen molar-refractivity contribution < 1.29 is 8.78 Å². The van der Waals surface area contributed by atoms with Gasteiger partial charge in [-0.05, 0) is 55.2 Å². The largest absolute Gasteiger partial charge is 0.204 e. The third-order valence-corrected chi connectivity index (χ3v) is 4.48. The molecule has 0 aliphatic heterocycles. The topological polar surface area (TPSA) is 0 Å². The monoisotopic (exact) mass is 266 g/mol. The smallest absolute Gasteiger partial charge is 0.159 e. The Kier molecular flexibility index (Phi) is 5.35. The molecular formula is C17H24F2. The van der Waals surface area contributed by atoms with Gasteiger partial charge in [0.1, 0.15) is 0 Å². The Bertz CT molecular complexity index is 392. The standard InChI is InChI=1S/C17H24F2/c1-2-3-4-5-13-6-8-14(9-7-13)15-10-11-16(18)17(19)12-15/h10-14H,2-9H2,1H3. The Morgan fingerprint density at radius 2 is 1.74 bits per heavy atom. The summed E-state index contributed by atoms with van der Waals surface area (Å²) in [5.41, 5.74) is 0.978. The second-order valence-electron chi connectivity index (χ2n) is 5.89. The summed E-state index contributed by atoms with van der Waals surface area (Å²) >= 11 is 0. The van der Waals surface area contributed by atoms with Crippen molar-refractivity contribution in [3.63, 3.8) is 0 Å². The fourth-order valence-corrected chi connectivity index (χ4v) is 3.23. The summed E-state index contributed by atoms with van der Waals surface area (Å²) in [6.45, 7) is 2.24. The lowest BCUT2D eigenvalue weighted by molar-refractivity contribution is 0.302. The number of hydrogen-bond donors (Lipinski definition) is 0. The van der Waals surface area contributed by atoms with Gasteiger partial charge in [0.25, 0.3) is 0 Å². The lowest BCUT2D eigenvalue weighted by Gasteiger charge is -2.28. The van der Waals surface area contributed by atoms with E-state index >= 15 is 0 Å². The first-order chi connectivity index (χ1) is 9.20. The van der Waals surface area contributed by atoms with Gasteiger partial charge in [-0.15, -0.1) is 0 Å². The predicted molar refractivity (Wildman–Crippen MR) is 75.2 cm³/mol. The van der Waals surface area contributed by atoms with Crippen molar-refractivity contribution in [3.05, 3.63) is 35.4 Å². The van der Waals surface area contributed by atoms with Crippen molar-refractivity contribution >= 4 is 0 Å². The maximum Gasteiger partial charge on any atom is 0.159 e. The number of halogens is 2. The van der Waals surface area contributed by atoms with E-state index in [9.17, 15) is 8.78 Å². The molecule has 19 heavy (non-hydrogen) atoms. The summed E-state index contributed by atoms with van der Waals surface area (Å²) in [6, 6.07) is 4.40. The fourth-order valence-electron chi connectivity index (χ4n) is 3.23. The second kappa shape index (κ2) is 7.02. The summed E-state index contributed by atoms with van der Waals surface area (Å²) in [5, 5.41) is 0. The van der Waals surface area contributed by atoms with Crippen molar-refractivity contribution in [1.29, 1.82) is 0 Å². The molecule has 0 amide bonds. The van der Waals surface area contributed by atoms with Gasteiger partial charge in [-0.25, -0.2) is 8.78 Å². The molecule has 1 saturated carbocycles. The van der Waals surface area contributed by atoms with Gasteiger partial charge in [0, 0.05) is 0 Å². The van der Waals surface area contributed by atoms with Crippen LogP contribution in [0.3, 0.4) is 0 Å². The van der Waals surface area contributed by atoms with Gasteiger partial charge in [-0.1, -0.05) is 38.7 Å². The van der Waals surface area contributed by atoms with Gasteiger partial charge < -0.3 is 0 Å². The maximum absolute atomic E-state index is 13.2. The molecule has 0 heterocycles. The van der Waals surface area contributed by atoms with Crippen LogP contribution in [0.4, 0.5) is 8.78 Å². The van der Waals surface area contributed by atoms with E-state index in [1.165, 1.54) is 50.7 Å². The molecule has 1 aliphatic rings. The first-order valence-corrected chi connectivity index (χ1v) is 7.65. The highest BCUT2D eigenvalue weighted by Crippen LogP contribution is 2.38. The first kappa shape index (κ1) is 14.5. The molecule has 0 bridgehead atoms. The normalized spacial score (nSPS) is 23.5. The predicted octanol–water partition coefficient (Wildman–Crippen LogP) is 5.82. The molecule has 1 fully saturated rings. The van der Waals surface area contributed by atoms with E-state index in [1.54, 1.807) is 6.07 Å². The van der Waals surface area contributed by atoms with Crippen LogP contribution in [0.2, 0.25) is 0 Å². The Balaban J connectivity index is 1.84. The highest BCUT2D eigenvalue weighted by Gasteiger charge is 2.22. The summed E-state index contributed by atoms with van der Waals surface area (Å²) < 4.78 is 26.2. The van der Waals surface area contributed by atoms with Crippen LogP contribution in [0.1, 0.15) is 69.8 Å². The molecule has 0 unspecified atom stereocenters. The number of hydrogen-bond acceptors (Lipinski definition) is 0. The van der Waals surface area contributed by atoms with Crippen molar-refractivity contribution in [1.82, 2.24) is 0 Å². The second-order valence-corrected chi connectivity index (χ2v) is 5.89. The Morgan fingerprint density at radius 1 is 1.00 bits per heavy atom. The molecule has 1 aromatic carbocycles. The van der Waals surface area contributed by atoms with Gasteiger partial charge in [0.05, 0.1) is 0 Å². The van der Waals surface area contributed by atoms with E-state index in [2.05, 4.69) is 6.92 Å². The van der Waals surface area contributed by atoms with Crippen molar-refractivity contribution in [2.75, 3.05) is 0 Å². The van der Waals surface area contributed by atoms with Gasteiger partial charge in [0.15, 0.2) is 11.6 Å². The molecule has 0 N–H and O–H groups in total. The average molecular weight is 266 g/mol. The Morgan fingerprint density at radius 3 is 2.37 bits per heavy atom. The molecule has 0 radical (unpaired) electrons. The lowest BCUT2D eigenvalue weighted by atomic mass is 9.77. The van der Waals surface area contributed by atoms with E-state index in [-0.39, 0.29) is 0 Å². The molecular weight excluding hydrogens is 242 g/mol. The summed E-state index contributed by atoms with van der Waals surface area (Å²) in [5.74, 6) is -0.162. The van der Waals surface area contributed by atoms with Crippen molar-refractivity contribution in [2.24, 2.45) is 5.92 Å². The van der Waals surface area contributed by atoms with E-state index in [1.807, 2.05) is 0 Å². The first-order valence-electron chi connectivity index (χ1n) is 7.65. The summed E-state index contributed by atoms with van der Waals surface area (Å²) in [4.78, 5) is 0. The van der Waals surface area contributed by atoms with Gasteiger partial charge in [-0.2, -0.15) is 0 Å². The minimum atomic E-state index is -0.739. The van der Waals surface area contributed by atoms with Crippen LogP contribution in [-0.4, -0.2) is 0 Å². The Labute approximate surface area is 115 Å². The van der Waals surface area contributed by atoms with Gasteiger partial charge in [-0.3, -0.25) is 0 Å². The average Bonchev–Trinajstić information content (AvgIpc) is 2.43. The van der Waals surface area contributed by atoms with Crippen LogP contribution in [0, 0.1) is 17.6 Å². The number of benzene rings is 1. The molecule has 0 spiro atoms. The minimum absolute atomic E-state index is 0.428.